The molecule has 1 aliphatic heterocycles. The molecule has 1 unspecified atom stereocenters. The minimum absolute atomic E-state index is 0.385. The molecule has 1 aliphatic rings. The smallest absolute Gasteiger partial charge is 0.254 e. The Hall–Kier alpha value is -1.57. The van der Waals surface area contributed by atoms with Gasteiger partial charge in [0.25, 0.3) is 0 Å². The molecule has 21 heavy (non-hydrogen) atoms. The number of amides is 1. The summed E-state index contributed by atoms with van der Waals surface area (Å²) < 4.78 is 0. The summed E-state index contributed by atoms with van der Waals surface area (Å²) in [4.78, 5) is 11.9. The summed E-state index contributed by atoms with van der Waals surface area (Å²) in [5.74, 6) is 0. The molecule has 0 aromatic heterocycles. The maximum absolute atomic E-state index is 11.9. The Morgan fingerprint density at radius 3 is 2.67 bits per heavy atom. The molecule has 0 spiro atoms. The van der Waals surface area contributed by atoms with E-state index in [2.05, 4.69) is 26.8 Å². The third kappa shape index (κ3) is 2.64. The Morgan fingerprint density at radius 1 is 1.43 bits per heavy atom. The molecule has 1 amide bonds. The molecule has 0 N–H and O–H groups in total. The molecule has 0 bridgehead atoms. The second-order valence-corrected chi connectivity index (χ2v) is 6.08. The molecule has 0 saturated heterocycles. The van der Waals surface area contributed by atoms with E-state index in [9.17, 15) is 10.1 Å². The van der Waals surface area contributed by atoms with Gasteiger partial charge in [0.2, 0.25) is 0 Å². The average molecular weight is 306 g/mol. The molecule has 5 heteroatoms. The van der Waals surface area contributed by atoms with Gasteiger partial charge in [0, 0.05) is 6.54 Å². The van der Waals surface area contributed by atoms with Crippen molar-refractivity contribution in [2.45, 2.75) is 45.2 Å². The number of rotatable bonds is 3. The maximum atomic E-state index is 11.9. The van der Waals surface area contributed by atoms with E-state index in [1.165, 1.54) is 5.01 Å². The van der Waals surface area contributed by atoms with Crippen molar-refractivity contribution in [1.82, 2.24) is 10.0 Å². The lowest BCUT2D eigenvalue weighted by Gasteiger charge is -2.51. The maximum Gasteiger partial charge on any atom is 0.332 e. The highest BCUT2D eigenvalue weighted by Crippen LogP contribution is 2.43. The molecular formula is C16H20ClN3O. The van der Waals surface area contributed by atoms with Gasteiger partial charge in [-0.2, -0.15) is 5.26 Å². The van der Waals surface area contributed by atoms with E-state index in [0.29, 0.717) is 6.54 Å². The van der Waals surface area contributed by atoms with Crippen molar-refractivity contribution in [3.05, 3.63) is 35.4 Å². The second-order valence-electron chi connectivity index (χ2n) is 5.75. The largest absolute Gasteiger partial charge is 0.332 e. The first-order valence-electron chi connectivity index (χ1n) is 7.20. The van der Waals surface area contributed by atoms with E-state index in [1.807, 2.05) is 29.3 Å². The molecule has 2 rings (SSSR count). The Balaban J connectivity index is 2.59. The highest BCUT2D eigenvalue weighted by atomic mass is 35.5. The van der Waals surface area contributed by atoms with Crippen LogP contribution < -0.4 is 0 Å². The summed E-state index contributed by atoms with van der Waals surface area (Å²) in [7, 11) is 0. The van der Waals surface area contributed by atoms with Crippen molar-refractivity contribution in [2.24, 2.45) is 0 Å². The first-order chi connectivity index (χ1) is 9.95. The predicted molar refractivity (Wildman–Crippen MR) is 82.5 cm³/mol. The molecule has 112 valence electrons. The number of nitriles is 1. The van der Waals surface area contributed by atoms with Crippen LogP contribution in [0.4, 0.5) is 4.79 Å². The SMILES string of the molecule is CCCCN1N(C(=O)Cl)C(C#N)c2ccccc2C1(C)C. The molecule has 0 fully saturated rings. The van der Waals surface area contributed by atoms with Gasteiger partial charge in [-0.3, -0.25) is 4.79 Å². The summed E-state index contributed by atoms with van der Waals surface area (Å²) in [6.45, 7) is 6.90. The first-order valence-corrected chi connectivity index (χ1v) is 7.58. The van der Waals surface area contributed by atoms with Crippen molar-refractivity contribution in [3.63, 3.8) is 0 Å². The molecule has 0 radical (unpaired) electrons. The van der Waals surface area contributed by atoms with E-state index < -0.39 is 11.4 Å². The fraction of sp³-hybridized carbons (Fsp3) is 0.500. The Bertz CT molecular complexity index is 579. The lowest BCUT2D eigenvalue weighted by Crippen LogP contribution is -2.58. The number of unbranched alkanes of at least 4 members (excludes halogenated alkanes) is 1. The van der Waals surface area contributed by atoms with Crippen LogP contribution in [0.25, 0.3) is 0 Å². The fourth-order valence-electron chi connectivity index (χ4n) is 2.99. The van der Waals surface area contributed by atoms with E-state index in [4.69, 9.17) is 11.6 Å². The molecule has 4 nitrogen and oxygen atoms in total. The second kappa shape index (κ2) is 6.05. The number of carbonyl (C=O) groups is 1. The third-order valence-corrected chi connectivity index (χ3v) is 4.26. The Morgan fingerprint density at radius 2 is 2.10 bits per heavy atom. The number of hydrazine groups is 1. The lowest BCUT2D eigenvalue weighted by molar-refractivity contribution is -0.0894. The van der Waals surface area contributed by atoms with Gasteiger partial charge in [0.05, 0.1) is 11.6 Å². The first kappa shape index (κ1) is 15.8. The molecule has 0 saturated carbocycles. The van der Waals surface area contributed by atoms with Crippen LogP contribution in [0.1, 0.15) is 50.8 Å². The van der Waals surface area contributed by atoms with Gasteiger partial charge in [-0.25, -0.2) is 10.0 Å². The van der Waals surface area contributed by atoms with Gasteiger partial charge in [0.1, 0.15) is 0 Å². The van der Waals surface area contributed by atoms with Crippen molar-refractivity contribution in [2.75, 3.05) is 6.54 Å². The Labute approximate surface area is 130 Å². The quantitative estimate of drug-likeness (QED) is 0.622. The summed E-state index contributed by atoms with van der Waals surface area (Å²) in [6, 6.07) is 9.31. The van der Waals surface area contributed by atoms with Crippen LogP contribution in [0.5, 0.6) is 0 Å². The molecular weight excluding hydrogens is 286 g/mol. The number of benzene rings is 1. The van der Waals surface area contributed by atoms with Gasteiger partial charge in [0.15, 0.2) is 6.04 Å². The summed E-state index contributed by atoms with van der Waals surface area (Å²) in [5.41, 5.74) is 1.54. The monoisotopic (exact) mass is 305 g/mol. The summed E-state index contributed by atoms with van der Waals surface area (Å²) in [5, 5.41) is 12.3. The number of hydrogen-bond acceptors (Lipinski definition) is 3. The van der Waals surface area contributed by atoms with Gasteiger partial charge >= 0.3 is 5.37 Å². The molecule has 1 aromatic carbocycles. The van der Waals surface area contributed by atoms with Crippen LogP contribution in [0.3, 0.4) is 0 Å². The fourth-order valence-corrected chi connectivity index (χ4v) is 3.18. The number of fused-ring (bicyclic) bond motifs is 1. The van der Waals surface area contributed by atoms with Crippen molar-refractivity contribution in [1.29, 1.82) is 5.26 Å². The van der Waals surface area contributed by atoms with Crippen LogP contribution in [0.2, 0.25) is 0 Å². The molecule has 1 atom stereocenters. The minimum atomic E-state index is -0.670. The zero-order valence-corrected chi connectivity index (χ0v) is 13.4. The van der Waals surface area contributed by atoms with Gasteiger partial charge in [-0.15, -0.1) is 0 Å². The van der Waals surface area contributed by atoms with Gasteiger partial charge in [-0.1, -0.05) is 37.6 Å². The van der Waals surface area contributed by atoms with Crippen LogP contribution in [0.15, 0.2) is 24.3 Å². The zero-order valence-electron chi connectivity index (χ0n) is 12.6. The molecule has 1 aromatic rings. The van der Waals surface area contributed by atoms with Crippen molar-refractivity contribution in [3.8, 4) is 6.07 Å². The highest BCUT2D eigenvalue weighted by molar-refractivity contribution is 6.62. The van der Waals surface area contributed by atoms with Crippen molar-refractivity contribution < 1.29 is 4.79 Å². The normalized spacial score (nSPS) is 20.7. The van der Waals surface area contributed by atoms with E-state index >= 15 is 0 Å². The average Bonchev–Trinajstić information content (AvgIpc) is 2.45. The number of nitrogens with zero attached hydrogens (tertiary/aromatic N) is 3. The van der Waals surface area contributed by atoms with E-state index in [0.717, 1.165) is 24.0 Å². The Kier molecular flexibility index (Phi) is 4.55. The summed E-state index contributed by atoms with van der Waals surface area (Å²) >= 11 is 5.79. The molecule has 0 aliphatic carbocycles. The topological polar surface area (TPSA) is 47.3 Å². The number of halogens is 1. The number of carbonyl (C=O) groups excluding carboxylic acids is 1. The standard InChI is InChI=1S/C16H20ClN3O/c1-4-5-10-19-16(2,3)13-9-7-6-8-12(13)14(11-18)20(19)15(17)21/h6-9,14H,4-5,10H2,1-3H3. The van der Waals surface area contributed by atoms with Crippen LogP contribution >= 0.6 is 11.6 Å². The van der Waals surface area contributed by atoms with E-state index in [-0.39, 0.29) is 5.54 Å². The molecule has 1 heterocycles. The van der Waals surface area contributed by atoms with Crippen LogP contribution in [0, 0.1) is 11.3 Å². The van der Waals surface area contributed by atoms with Gasteiger partial charge < -0.3 is 0 Å². The highest BCUT2D eigenvalue weighted by Gasteiger charge is 2.45. The van der Waals surface area contributed by atoms with Crippen LogP contribution in [-0.2, 0) is 5.54 Å². The number of hydrogen-bond donors (Lipinski definition) is 0. The predicted octanol–water partition coefficient (Wildman–Crippen LogP) is 4.18. The third-order valence-electron chi connectivity index (χ3n) is 4.09. The van der Waals surface area contributed by atoms with E-state index in [1.54, 1.807) is 0 Å². The van der Waals surface area contributed by atoms with Crippen molar-refractivity contribution >= 4 is 17.0 Å². The zero-order chi connectivity index (χ0) is 15.6. The van der Waals surface area contributed by atoms with Crippen LogP contribution in [-0.4, -0.2) is 21.9 Å². The van der Waals surface area contributed by atoms with Gasteiger partial charge in [-0.05, 0) is 43.0 Å². The summed E-state index contributed by atoms with van der Waals surface area (Å²) in [6.07, 6.45) is 1.94. The lowest BCUT2D eigenvalue weighted by atomic mass is 9.84. The minimum Gasteiger partial charge on any atom is -0.254 e.